The number of ether oxygens (including phenoxy) is 1. The number of halogens is 1. The van der Waals surface area contributed by atoms with Crippen molar-refractivity contribution in [1.82, 2.24) is 0 Å². The second-order valence-electron chi connectivity index (χ2n) is 1.56. The van der Waals surface area contributed by atoms with Gasteiger partial charge >= 0.3 is 5.97 Å². The number of hydrogen-bond donors (Lipinski definition) is 1. The monoisotopic (exact) mass is 244 g/mol. The molecule has 0 rings (SSSR count). The summed E-state index contributed by atoms with van der Waals surface area (Å²) in [4.78, 5) is 10.4. The van der Waals surface area contributed by atoms with Gasteiger partial charge in [0.25, 0.3) is 0 Å². The normalized spacial score (nSPS) is 12.8. The molecule has 0 aliphatic rings. The molecule has 54 valence electrons. The molecule has 4 heteroatoms. The Morgan fingerprint density at radius 3 is 2.78 bits per heavy atom. The van der Waals surface area contributed by atoms with Crippen molar-refractivity contribution in [2.45, 2.75) is 10.3 Å². The predicted octanol–water partition coefficient (Wildman–Crippen LogP) is 0.345. The molecule has 0 aliphatic heterocycles. The maximum atomic E-state index is 10.4. The molecule has 1 atom stereocenters. The number of aliphatic hydroxyl groups is 1. The lowest BCUT2D eigenvalue weighted by molar-refractivity contribution is -0.140. The number of carbonyl (C=O) groups excluding carboxylic acids is 1. The molecule has 0 aromatic rings. The maximum absolute atomic E-state index is 10.4. The minimum Gasteiger partial charge on any atom is -0.469 e. The van der Waals surface area contributed by atoms with Gasteiger partial charge in [-0.3, -0.25) is 4.79 Å². The summed E-state index contributed by atoms with van der Waals surface area (Å²) < 4.78 is 4.35. The zero-order valence-corrected chi connectivity index (χ0v) is 7.29. The Hall–Kier alpha value is 0.160. The van der Waals surface area contributed by atoms with E-state index >= 15 is 0 Å². The van der Waals surface area contributed by atoms with Crippen molar-refractivity contribution >= 4 is 28.6 Å². The summed E-state index contributed by atoms with van der Waals surface area (Å²) in [7, 11) is 1.34. The van der Waals surface area contributed by atoms with Crippen LogP contribution in [0.4, 0.5) is 0 Å². The van der Waals surface area contributed by atoms with Crippen LogP contribution in [0.1, 0.15) is 6.42 Å². The largest absolute Gasteiger partial charge is 0.469 e. The molecule has 0 heterocycles. The van der Waals surface area contributed by atoms with Gasteiger partial charge in [-0.25, -0.2) is 0 Å². The van der Waals surface area contributed by atoms with E-state index in [2.05, 4.69) is 4.74 Å². The van der Waals surface area contributed by atoms with Gasteiger partial charge < -0.3 is 9.84 Å². The third-order valence-electron chi connectivity index (χ3n) is 0.814. The van der Waals surface area contributed by atoms with E-state index in [-0.39, 0.29) is 22.9 Å². The van der Waals surface area contributed by atoms with E-state index in [0.29, 0.717) is 0 Å². The molecular formula is C5H9IO3. The van der Waals surface area contributed by atoms with Gasteiger partial charge in [-0.05, 0) is 0 Å². The van der Waals surface area contributed by atoms with E-state index < -0.39 is 0 Å². The van der Waals surface area contributed by atoms with Gasteiger partial charge in [0.2, 0.25) is 0 Å². The molecule has 0 aliphatic carbocycles. The number of carbonyl (C=O) groups is 1. The van der Waals surface area contributed by atoms with Crippen molar-refractivity contribution in [1.29, 1.82) is 0 Å². The fourth-order valence-corrected chi connectivity index (χ4v) is 0.688. The average molecular weight is 244 g/mol. The molecule has 0 fully saturated rings. The van der Waals surface area contributed by atoms with Gasteiger partial charge in [0, 0.05) is 3.92 Å². The first-order valence-corrected chi connectivity index (χ1v) is 3.77. The Kier molecular flexibility index (Phi) is 5.07. The highest BCUT2D eigenvalue weighted by Gasteiger charge is 2.07. The standard InChI is InChI=1S/C5H9IO3/c1-9-5(8)2-4(6)3-7/h4,7H,2-3H2,1H3/t4-/m0/s1. The zero-order chi connectivity index (χ0) is 7.28. The van der Waals surface area contributed by atoms with Gasteiger partial charge in [0.1, 0.15) is 0 Å². The highest BCUT2D eigenvalue weighted by Crippen LogP contribution is 2.04. The minimum atomic E-state index is -0.275. The fraction of sp³-hybridized carbons (Fsp3) is 0.800. The van der Waals surface area contributed by atoms with Crippen molar-refractivity contribution < 1.29 is 14.6 Å². The van der Waals surface area contributed by atoms with E-state index in [1.807, 2.05) is 22.6 Å². The Labute approximate surface area is 67.5 Å². The third kappa shape index (κ3) is 4.65. The fourth-order valence-electron chi connectivity index (χ4n) is 0.329. The number of alkyl halides is 1. The SMILES string of the molecule is COC(=O)C[C@H](I)CO. The van der Waals surface area contributed by atoms with E-state index in [9.17, 15) is 4.79 Å². The van der Waals surface area contributed by atoms with Crippen molar-refractivity contribution in [2.24, 2.45) is 0 Å². The molecule has 0 spiro atoms. The van der Waals surface area contributed by atoms with Crippen molar-refractivity contribution in [2.75, 3.05) is 13.7 Å². The highest BCUT2D eigenvalue weighted by atomic mass is 127. The van der Waals surface area contributed by atoms with Gasteiger partial charge in [0.15, 0.2) is 0 Å². The van der Waals surface area contributed by atoms with Crippen LogP contribution in [0.25, 0.3) is 0 Å². The van der Waals surface area contributed by atoms with Crippen molar-refractivity contribution in [3.63, 3.8) is 0 Å². The number of esters is 1. The van der Waals surface area contributed by atoms with Crippen LogP contribution >= 0.6 is 22.6 Å². The maximum Gasteiger partial charge on any atom is 0.306 e. The van der Waals surface area contributed by atoms with E-state index in [1.165, 1.54) is 7.11 Å². The van der Waals surface area contributed by atoms with Gasteiger partial charge in [-0.1, -0.05) is 22.6 Å². The van der Waals surface area contributed by atoms with Crippen LogP contribution in [0.3, 0.4) is 0 Å². The molecule has 0 radical (unpaired) electrons. The molecule has 9 heavy (non-hydrogen) atoms. The van der Waals surface area contributed by atoms with Crippen LogP contribution in [0, 0.1) is 0 Å². The summed E-state index contributed by atoms with van der Waals surface area (Å²) in [6.07, 6.45) is 0.285. The minimum absolute atomic E-state index is 0.0185. The Morgan fingerprint density at radius 1 is 1.89 bits per heavy atom. The van der Waals surface area contributed by atoms with E-state index in [4.69, 9.17) is 5.11 Å². The van der Waals surface area contributed by atoms with Gasteiger partial charge in [-0.15, -0.1) is 0 Å². The lowest BCUT2D eigenvalue weighted by atomic mass is 10.3. The smallest absolute Gasteiger partial charge is 0.306 e. The summed E-state index contributed by atoms with van der Waals surface area (Å²) in [5, 5.41) is 8.46. The van der Waals surface area contributed by atoms with Crippen LogP contribution in [-0.2, 0) is 9.53 Å². The van der Waals surface area contributed by atoms with Crippen LogP contribution < -0.4 is 0 Å². The summed E-state index contributed by atoms with van der Waals surface area (Å²) in [5.74, 6) is -0.275. The van der Waals surface area contributed by atoms with Crippen LogP contribution in [-0.4, -0.2) is 28.7 Å². The molecule has 0 saturated carbocycles. The Balaban J connectivity index is 3.34. The topological polar surface area (TPSA) is 46.5 Å². The summed E-state index contributed by atoms with van der Waals surface area (Å²) in [6.45, 7) is 0.0235. The molecular weight excluding hydrogens is 235 g/mol. The molecule has 0 aromatic carbocycles. The molecule has 0 aromatic heterocycles. The van der Waals surface area contributed by atoms with E-state index in [1.54, 1.807) is 0 Å². The lowest BCUT2D eigenvalue weighted by Crippen LogP contribution is -2.12. The number of hydrogen-bond acceptors (Lipinski definition) is 3. The quantitative estimate of drug-likeness (QED) is 0.442. The predicted molar refractivity (Wildman–Crippen MR) is 41.5 cm³/mol. The summed E-state index contributed by atoms with van der Waals surface area (Å²) in [5.41, 5.74) is 0. The molecule has 0 amide bonds. The lowest BCUT2D eigenvalue weighted by Gasteiger charge is -2.01. The van der Waals surface area contributed by atoms with Crippen molar-refractivity contribution in [3.8, 4) is 0 Å². The van der Waals surface area contributed by atoms with Gasteiger partial charge in [0.05, 0.1) is 20.1 Å². The molecule has 0 unspecified atom stereocenters. The first-order valence-electron chi connectivity index (χ1n) is 2.52. The van der Waals surface area contributed by atoms with Crippen molar-refractivity contribution in [3.05, 3.63) is 0 Å². The van der Waals surface area contributed by atoms with Crippen LogP contribution in [0.2, 0.25) is 0 Å². The summed E-state index contributed by atoms with van der Waals surface area (Å²) >= 11 is 1.99. The molecule has 1 N–H and O–H groups in total. The third-order valence-corrected chi connectivity index (χ3v) is 1.65. The molecule has 0 bridgehead atoms. The average Bonchev–Trinajstić information content (AvgIpc) is 1.87. The number of aliphatic hydroxyl groups excluding tert-OH is 1. The second kappa shape index (κ2) is 4.99. The Morgan fingerprint density at radius 2 is 2.44 bits per heavy atom. The number of methoxy groups -OCH3 is 1. The van der Waals surface area contributed by atoms with E-state index in [0.717, 1.165) is 0 Å². The summed E-state index contributed by atoms with van der Waals surface area (Å²) in [6, 6.07) is 0. The Bertz CT molecular complexity index is 94.2. The first kappa shape index (κ1) is 9.16. The zero-order valence-electron chi connectivity index (χ0n) is 5.13. The first-order chi connectivity index (χ1) is 4.20. The molecule has 0 saturated heterocycles. The highest BCUT2D eigenvalue weighted by molar-refractivity contribution is 14.1. The van der Waals surface area contributed by atoms with Crippen LogP contribution in [0.15, 0.2) is 0 Å². The van der Waals surface area contributed by atoms with Gasteiger partial charge in [-0.2, -0.15) is 0 Å². The molecule has 3 nitrogen and oxygen atoms in total. The second-order valence-corrected chi connectivity index (χ2v) is 3.32. The van der Waals surface area contributed by atoms with Crippen LogP contribution in [0.5, 0.6) is 0 Å². The number of rotatable bonds is 3.